The summed E-state index contributed by atoms with van der Waals surface area (Å²) in [5, 5.41) is 0. The maximum absolute atomic E-state index is 12.8. The Hall–Kier alpha value is -1.09. The van der Waals surface area contributed by atoms with Gasteiger partial charge in [0.1, 0.15) is 5.82 Å². The van der Waals surface area contributed by atoms with Gasteiger partial charge in [-0.2, -0.15) is 0 Å². The Bertz CT molecular complexity index is 323. The molecule has 0 heterocycles. The van der Waals surface area contributed by atoms with Gasteiger partial charge in [-0.3, -0.25) is 0 Å². The van der Waals surface area contributed by atoms with E-state index in [1.165, 1.54) is 25.0 Å². The lowest BCUT2D eigenvalue weighted by Crippen LogP contribution is -2.01. The van der Waals surface area contributed by atoms with Gasteiger partial charge in [0.25, 0.3) is 0 Å². The van der Waals surface area contributed by atoms with E-state index in [0.29, 0.717) is 12.3 Å². The van der Waals surface area contributed by atoms with E-state index >= 15 is 0 Å². The van der Waals surface area contributed by atoms with Gasteiger partial charge in [0.2, 0.25) is 0 Å². The molecule has 1 fully saturated rings. The Balaban J connectivity index is 1.89. The summed E-state index contributed by atoms with van der Waals surface area (Å²) in [7, 11) is 0. The fourth-order valence-corrected chi connectivity index (χ4v) is 1.32. The molecular formula is C11H14FNO. The second-order valence-electron chi connectivity index (χ2n) is 3.80. The zero-order valence-electron chi connectivity index (χ0n) is 8.00. The minimum atomic E-state index is -0.260. The van der Waals surface area contributed by atoms with Gasteiger partial charge in [-0.1, -0.05) is 0 Å². The minimum absolute atomic E-state index is 0.260. The third-order valence-corrected chi connectivity index (χ3v) is 2.41. The number of hydrogen-bond donors (Lipinski definition) is 1. The maximum atomic E-state index is 12.8. The zero-order chi connectivity index (χ0) is 9.97. The molecule has 0 bridgehead atoms. The van der Waals surface area contributed by atoms with E-state index in [4.69, 9.17) is 10.5 Å². The SMILES string of the molecule is Nc1ccc(F)cc1COCC1CC1. The van der Waals surface area contributed by atoms with Gasteiger partial charge in [-0.05, 0) is 37.0 Å². The largest absolute Gasteiger partial charge is 0.398 e. The Morgan fingerprint density at radius 1 is 1.43 bits per heavy atom. The van der Waals surface area contributed by atoms with Crippen LogP contribution in [0.5, 0.6) is 0 Å². The van der Waals surface area contributed by atoms with Crippen molar-refractivity contribution in [2.45, 2.75) is 19.4 Å². The van der Waals surface area contributed by atoms with E-state index < -0.39 is 0 Å². The van der Waals surface area contributed by atoms with Gasteiger partial charge >= 0.3 is 0 Å². The molecule has 0 saturated heterocycles. The molecule has 1 aromatic rings. The van der Waals surface area contributed by atoms with Crippen LogP contribution in [-0.2, 0) is 11.3 Å². The van der Waals surface area contributed by atoms with Crippen molar-refractivity contribution in [3.05, 3.63) is 29.6 Å². The molecule has 0 aromatic heterocycles. The third kappa shape index (κ3) is 2.45. The van der Waals surface area contributed by atoms with Crippen LogP contribution in [0.3, 0.4) is 0 Å². The predicted octanol–water partition coefficient (Wildman–Crippen LogP) is 2.33. The van der Waals surface area contributed by atoms with Crippen LogP contribution in [0.15, 0.2) is 18.2 Å². The van der Waals surface area contributed by atoms with Crippen LogP contribution in [-0.4, -0.2) is 6.61 Å². The maximum Gasteiger partial charge on any atom is 0.123 e. The number of halogens is 1. The quantitative estimate of drug-likeness (QED) is 0.748. The molecular weight excluding hydrogens is 181 g/mol. The van der Waals surface area contributed by atoms with Gasteiger partial charge in [-0.15, -0.1) is 0 Å². The molecule has 0 spiro atoms. The van der Waals surface area contributed by atoms with E-state index in [1.54, 1.807) is 6.07 Å². The first-order valence-electron chi connectivity index (χ1n) is 4.87. The molecule has 1 aliphatic rings. The normalized spacial score (nSPS) is 15.8. The topological polar surface area (TPSA) is 35.2 Å². The highest BCUT2D eigenvalue weighted by molar-refractivity contribution is 5.46. The molecule has 76 valence electrons. The molecule has 0 radical (unpaired) electrons. The number of nitrogen functional groups attached to an aromatic ring is 1. The van der Waals surface area contributed by atoms with Gasteiger partial charge in [0.15, 0.2) is 0 Å². The minimum Gasteiger partial charge on any atom is -0.398 e. The number of nitrogens with two attached hydrogens (primary N) is 1. The Morgan fingerprint density at radius 2 is 2.21 bits per heavy atom. The van der Waals surface area contributed by atoms with Gasteiger partial charge in [0.05, 0.1) is 6.61 Å². The van der Waals surface area contributed by atoms with Crippen molar-refractivity contribution < 1.29 is 9.13 Å². The monoisotopic (exact) mass is 195 g/mol. The fraction of sp³-hybridized carbons (Fsp3) is 0.455. The van der Waals surface area contributed by atoms with Crippen LogP contribution in [0, 0.1) is 11.7 Å². The highest BCUT2D eigenvalue weighted by Gasteiger charge is 2.21. The van der Waals surface area contributed by atoms with Crippen molar-refractivity contribution in [2.24, 2.45) is 5.92 Å². The van der Waals surface area contributed by atoms with E-state index in [9.17, 15) is 4.39 Å². The molecule has 1 aromatic carbocycles. The van der Waals surface area contributed by atoms with Crippen LogP contribution < -0.4 is 5.73 Å². The molecule has 0 atom stereocenters. The number of benzene rings is 1. The lowest BCUT2D eigenvalue weighted by molar-refractivity contribution is 0.111. The average Bonchev–Trinajstić information content (AvgIpc) is 2.95. The smallest absolute Gasteiger partial charge is 0.123 e. The number of hydrogen-bond acceptors (Lipinski definition) is 2. The zero-order valence-corrected chi connectivity index (χ0v) is 8.00. The molecule has 2 rings (SSSR count). The van der Waals surface area contributed by atoms with Gasteiger partial charge in [-0.25, -0.2) is 4.39 Å². The average molecular weight is 195 g/mol. The van der Waals surface area contributed by atoms with Crippen molar-refractivity contribution in [3.8, 4) is 0 Å². The molecule has 14 heavy (non-hydrogen) atoms. The molecule has 0 aliphatic heterocycles. The van der Waals surface area contributed by atoms with Crippen molar-refractivity contribution in [1.82, 2.24) is 0 Å². The van der Waals surface area contributed by atoms with Crippen molar-refractivity contribution >= 4 is 5.69 Å². The summed E-state index contributed by atoms with van der Waals surface area (Å²) in [6, 6.07) is 4.37. The van der Waals surface area contributed by atoms with E-state index in [-0.39, 0.29) is 5.82 Å². The summed E-state index contributed by atoms with van der Waals surface area (Å²) in [6.45, 7) is 1.19. The number of rotatable bonds is 4. The lowest BCUT2D eigenvalue weighted by Gasteiger charge is -2.06. The standard InChI is InChI=1S/C11H14FNO/c12-10-3-4-11(13)9(5-10)7-14-6-8-1-2-8/h3-5,8H,1-2,6-7,13H2. The predicted molar refractivity (Wildman–Crippen MR) is 53.2 cm³/mol. The summed E-state index contributed by atoms with van der Waals surface area (Å²) in [5.74, 6) is 0.467. The molecule has 0 unspecified atom stereocenters. The Morgan fingerprint density at radius 3 is 2.93 bits per heavy atom. The van der Waals surface area contributed by atoms with Crippen LogP contribution in [0.25, 0.3) is 0 Å². The summed E-state index contributed by atoms with van der Waals surface area (Å²) in [6.07, 6.45) is 2.53. The van der Waals surface area contributed by atoms with Crippen LogP contribution >= 0.6 is 0 Å². The van der Waals surface area contributed by atoms with Crippen molar-refractivity contribution in [2.75, 3.05) is 12.3 Å². The summed E-state index contributed by atoms with van der Waals surface area (Å²) in [5.41, 5.74) is 7.02. The van der Waals surface area contributed by atoms with E-state index in [0.717, 1.165) is 18.1 Å². The number of anilines is 1. The highest BCUT2D eigenvalue weighted by Crippen LogP contribution is 2.29. The Kier molecular flexibility index (Phi) is 2.68. The van der Waals surface area contributed by atoms with E-state index in [2.05, 4.69) is 0 Å². The van der Waals surface area contributed by atoms with Crippen LogP contribution in [0.4, 0.5) is 10.1 Å². The molecule has 0 amide bonds. The molecule has 3 heteroatoms. The Labute approximate surface area is 82.9 Å². The summed E-state index contributed by atoms with van der Waals surface area (Å²) >= 11 is 0. The molecule has 2 N–H and O–H groups in total. The second kappa shape index (κ2) is 3.96. The third-order valence-electron chi connectivity index (χ3n) is 2.41. The number of ether oxygens (including phenoxy) is 1. The van der Waals surface area contributed by atoms with Crippen LogP contribution in [0.1, 0.15) is 18.4 Å². The highest BCUT2D eigenvalue weighted by atomic mass is 19.1. The molecule has 1 saturated carbocycles. The first-order valence-corrected chi connectivity index (χ1v) is 4.87. The fourth-order valence-electron chi connectivity index (χ4n) is 1.32. The van der Waals surface area contributed by atoms with E-state index in [1.807, 2.05) is 0 Å². The van der Waals surface area contributed by atoms with Crippen molar-refractivity contribution in [1.29, 1.82) is 0 Å². The molecule has 2 nitrogen and oxygen atoms in total. The first kappa shape index (κ1) is 9.46. The van der Waals surface area contributed by atoms with Crippen LogP contribution in [0.2, 0.25) is 0 Å². The second-order valence-corrected chi connectivity index (χ2v) is 3.80. The van der Waals surface area contributed by atoms with Gasteiger partial charge < -0.3 is 10.5 Å². The molecule has 1 aliphatic carbocycles. The first-order chi connectivity index (χ1) is 6.75. The summed E-state index contributed by atoms with van der Waals surface area (Å²) < 4.78 is 18.3. The van der Waals surface area contributed by atoms with Gasteiger partial charge in [0, 0.05) is 17.9 Å². The summed E-state index contributed by atoms with van der Waals surface area (Å²) in [4.78, 5) is 0. The van der Waals surface area contributed by atoms with Crippen molar-refractivity contribution in [3.63, 3.8) is 0 Å². The lowest BCUT2D eigenvalue weighted by atomic mass is 10.2.